The van der Waals surface area contributed by atoms with Gasteiger partial charge in [0.1, 0.15) is 5.75 Å². The van der Waals surface area contributed by atoms with E-state index in [-0.39, 0.29) is 12.0 Å². The van der Waals surface area contributed by atoms with Gasteiger partial charge in [0.15, 0.2) is 11.5 Å². The summed E-state index contributed by atoms with van der Waals surface area (Å²) in [5.41, 5.74) is 2.06. The summed E-state index contributed by atoms with van der Waals surface area (Å²) < 4.78 is 11.1. The van der Waals surface area contributed by atoms with Crippen LogP contribution in [0.25, 0.3) is 16.6 Å². The van der Waals surface area contributed by atoms with Crippen molar-refractivity contribution >= 4 is 50.9 Å². The van der Waals surface area contributed by atoms with Crippen LogP contribution in [0, 0.1) is 5.92 Å². The van der Waals surface area contributed by atoms with E-state index in [0.29, 0.717) is 28.8 Å². The van der Waals surface area contributed by atoms with Gasteiger partial charge in [-0.05, 0) is 62.6 Å². The van der Waals surface area contributed by atoms with Gasteiger partial charge in [0.2, 0.25) is 0 Å². The molecule has 2 aliphatic rings. The van der Waals surface area contributed by atoms with Crippen LogP contribution in [-0.4, -0.2) is 40.8 Å². The van der Waals surface area contributed by atoms with Crippen molar-refractivity contribution in [2.24, 2.45) is 5.92 Å². The van der Waals surface area contributed by atoms with Gasteiger partial charge in [0.05, 0.1) is 29.4 Å². The molecule has 2 saturated carbocycles. The van der Waals surface area contributed by atoms with Crippen molar-refractivity contribution < 1.29 is 9.53 Å². The molecule has 170 valence electrons. The summed E-state index contributed by atoms with van der Waals surface area (Å²) in [7, 11) is 0. The summed E-state index contributed by atoms with van der Waals surface area (Å²) in [6.07, 6.45) is 12.4. The van der Waals surface area contributed by atoms with Crippen molar-refractivity contribution in [3.05, 3.63) is 48.4 Å². The first kappa shape index (κ1) is 20.9. The number of ether oxygens (including phenoxy) is 1. The Hall–Kier alpha value is -2.69. The molecule has 1 N–H and O–H groups in total. The molecule has 0 bridgehead atoms. The maximum Gasteiger partial charge on any atom is 0.260 e. The quantitative estimate of drug-likeness (QED) is 0.266. The second kappa shape index (κ2) is 8.58. The van der Waals surface area contributed by atoms with Crippen molar-refractivity contribution in [2.45, 2.75) is 50.7 Å². The van der Waals surface area contributed by atoms with Gasteiger partial charge >= 0.3 is 0 Å². The summed E-state index contributed by atoms with van der Waals surface area (Å²) in [6, 6.07) is 7.90. The minimum Gasteiger partial charge on any atom is -0.490 e. The second-order valence-electron chi connectivity index (χ2n) is 9.05. The van der Waals surface area contributed by atoms with Crippen LogP contribution in [0.3, 0.4) is 0 Å². The Morgan fingerprint density at radius 2 is 2.03 bits per heavy atom. The Morgan fingerprint density at radius 3 is 2.82 bits per heavy atom. The fourth-order valence-electron chi connectivity index (χ4n) is 4.56. The van der Waals surface area contributed by atoms with Crippen LogP contribution in [0.1, 0.15) is 54.9 Å². The van der Waals surface area contributed by atoms with Crippen molar-refractivity contribution in [2.75, 3.05) is 9.74 Å². The average Bonchev–Trinajstić information content (AvgIpc) is 3.42. The summed E-state index contributed by atoms with van der Waals surface area (Å²) in [5.74, 6) is 1.70. The molecule has 4 aromatic rings. The number of imidazole rings is 1. The minimum absolute atomic E-state index is 0.178. The lowest BCUT2D eigenvalue weighted by Crippen LogP contribution is -2.19. The summed E-state index contributed by atoms with van der Waals surface area (Å²) >= 11 is 2.50. The minimum atomic E-state index is -0.240. The molecule has 0 spiro atoms. The Kier molecular flexibility index (Phi) is 5.43. The van der Waals surface area contributed by atoms with Crippen LogP contribution < -0.4 is 10.1 Å². The molecule has 6 rings (SSSR count). The first-order chi connectivity index (χ1) is 16.2. The molecule has 2 fully saturated rings. The lowest BCUT2D eigenvalue weighted by Gasteiger charge is -2.27. The van der Waals surface area contributed by atoms with Crippen molar-refractivity contribution in [1.82, 2.24) is 24.4 Å². The first-order valence-corrected chi connectivity index (χ1v) is 13.1. The predicted octanol–water partition coefficient (Wildman–Crippen LogP) is 5.04. The summed E-state index contributed by atoms with van der Waals surface area (Å²) in [4.78, 5) is 17.6. The SMILES string of the molecule is O=C(Nc1cnc2cccnn12)c1cc2cn(C3CCC(CI)CC3)nc2cc1OC1CC1. The highest BCUT2D eigenvalue weighted by atomic mass is 127. The third kappa shape index (κ3) is 4.18. The monoisotopic (exact) mass is 556 g/mol. The third-order valence-corrected chi connectivity index (χ3v) is 7.86. The molecule has 0 atom stereocenters. The van der Waals surface area contributed by atoms with Gasteiger partial charge in [0, 0.05) is 28.3 Å². The number of fused-ring (bicyclic) bond motifs is 2. The van der Waals surface area contributed by atoms with E-state index in [1.54, 1.807) is 16.9 Å². The van der Waals surface area contributed by atoms with Gasteiger partial charge < -0.3 is 10.1 Å². The molecular weight excluding hydrogens is 531 g/mol. The molecule has 0 unspecified atom stereocenters. The number of aromatic nitrogens is 5. The smallest absolute Gasteiger partial charge is 0.260 e. The molecule has 9 heteroatoms. The van der Waals surface area contributed by atoms with Crippen molar-refractivity contribution in [1.29, 1.82) is 0 Å². The van der Waals surface area contributed by atoms with E-state index >= 15 is 0 Å². The molecular formula is C24H25IN6O2. The molecule has 1 aromatic carbocycles. The summed E-state index contributed by atoms with van der Waals surface area (Å²) in [5, 5.41) is 13.1. The number of alkyl halides is 1. The number of rotatable bonds is 6. The van der Waals surface area contributed by atoms with E-state index in [0.717, 1.165) is 42.5 Å². The third-order valence-electron chi connectivity index (χ3n) is 6.61. The Bertz CT molecular complexity index is 1320. The van der Waals surface area contributed by atoms with Crippen LogP contribution >= 0.6 is 22.6 Å². The maximum absolute atomic E-state index is 13.3. The highest BCUT2D eigenvalue weighted by Gasteiger charge is 2.28. The van der Waals surface area contributed by atoms with Gasteiger partial charge in [0.25, 0.3) is 5.91 Å². The van der Waals surface area contributed by atoms with Crippen LogP contribution in [0.2, 0.25) is 0 Å². The second-order valence-corrected chi connectivity index (χ2v) is 9.93. The van der Waals surface area contributed by atoms with E-state index in [9.17, 15) is 4.79 Å². The zero-order valence-electron chi connectivity index (χ0n) is 18.2. The number of halogens is 1. The number of carbonyl (C=O) groups excluding carboxylic acids is 1. The number of nitrogens with zero attached hydrogens (tertiary/aromatic N) is 5. The number of carbonyl (C=O) groups is 1. The Labute approximate surface area is 204 Å². The number of nitrogens with one attached hydrogen (secondary N) is 1. The largest absolute Gasteiger partial charge is 0.490 e. The molecule has 2 aliphatic carbocycles. The molecule has 0 radical (unpaired) electrons. The number of anilines is 1. The Balaban J connectivity index is 1.31. The normalized spacial score (nSPS) is 20.9. The number of benzene rings is 1. The maximum atomic E-state index is 13.3. The Morgan fingerprint density at radius 1 is 1.18 bits per heavy atom. The van der Waals surface area contributed by atoms with Gasteiger partial charge in [-0.15, -0.1) is 0 Å². The van der Waals surface area contributed by atoms with Crippen molar-refractivity contribution in [3.8, 4) is 5.75 Å². The highest BCUT2D eigenvalue weighted by molar-refractivity contribution is 14.1. The lowest BCUT2D eigenvalue weighted by molar-refractivity contribution is 0.102. The predicted molar refractivity (Wildman–Crippen MR) is 134 cm³/mol. The summed E-state index contributed by atoms with van der Waals surface area (Å²) in [6.45, 7) is 0. The van der Waals surface area contributed by atoms with Crippen LogP contribution in [0.15, 0.2) is 42.9 Å². The molecule has 3 aromatic heterocycles. The molecule has 0 saturated heterocycles. The van der Waals surface area contributed by atoms with E-state index in [1.165, 1.54) is 17.3 Å². The fraction of sp³-hybridized carbons (Fsp3) is 0.417. The standard InChI is InChI=1S/C24H25IN6O2/c25-12-15-3-5-17(6-4-15)30-14-16-10-19(21(11-20(16)29-30)33-18-7-8-18)24(32)28-23-13-26-22-2-1-9-27-31(22)23/h1-2,9-11,13-15,17-18H,3-8,12H2,(H,28,32). The highest BCUT2D eigenvalue weighted by Crippen LogP contribution is 2.36. The number of hydrogen-bond acceptors (Lipinski definition) is 5. The first-order valence-electron chi connectivity index (χ1n) is 11.5. The lowest BCUT2D eigenvalue weighted by atomic mass is 9.87. The zero-order valence-corrected chi connectivity index (χ0v) is 20.3. The molecule has 0 aliphatic heterocycles. The van der Waals surface area contributed by atoms with Crippen LogP contribution in [0.4, 0.5) is 5.82 Å². The molecule has 1 amide bonds. The fourth-order valence-corrected chi connectivity index (χ4v) is 5.44. The van der Waals surface area contributed by atoms with E-state index in [4.69, 9.17) is 9.84 Å². The van der Waals surface area contributed by atoms with E-state index in [2.05, 4.69) is 48.9 Å². The van der Waals surface area contributed by atoms with E-state index in [1.807, 2.05) is 24.3 Å². The van der Waals surface area contributed by atoms with Crippen molar-refractivity contribution in [3.63, 3.8) is 0 Å². The van der Waals surface area contributed by atoms with Crippen LogP contribution in [-0.2, 0) is 0 Å². The van der Waals surface area contributed by atoms with Gasteiger partial charge in [-0.3, -0.25) is 9.48 Å². The van der Waals surface area contributed by atoms with Gasteiger partial charge in [-0.1, -0.05) is 22.6 Å². The number of hydrogen-bond donors (Lipinski definition) is 1. The zero-order chi connectivity index (χ0) is 22.4. The number of amides is 1. The van der Waals surface area contributed by atoms with Crippen LogP contribution in [0.5, 0.6) is 5.75 Å². The average molecular weight is 556 g/mol. The van der Waals surface area contributed by atoms with Gasteiger partial charge in [-0.25, -0.2) is 4.98 Å². The van der Waals surface area contributed by atoms with Gasteiger partial charge in [-0.2, -0.15) is 14.7 Å². The topological polar surface area (TPSA) is 86.3 Å². The molecule has 3 heterocycles. The molecule has 33 heavy (non-hydrogen) atoms. The molecule has 8 nitrogen and oxygen atoms in total. The van der Waals surface area contributed by atoms with E-state index < -0.39 is 0 Å².